The first-order valence-electron chi connectivity index (χ1n) is 3.98. The summed E-state index contributed by atoms with van der Waals surface area (Å²) in [5, 5.41) is 12.7. The maximum absolute atomic E-state index is 9.59. The molecule has 1 aromatic heterocycles. The molecule has 0 aliphatic rings. The molecule has 0 saturated carbocycles. The van der Waals surface area contributed by atoms with Crippen LogP contribution in [0.2, 0.25) is 0 Å². The smallest absolute Gasteiger partial charge is 0.119 e. The van der Waals surface area contributed by atoms with Crippen LogP contribution in [0.5, 0.6) is 5.75 Å². The van der Waals surface area contributed by atoms with Crippen LogP contribution in [0.3, 0.4) is 0 Å². The molecule has 2 rings (SSSR count). The van der Waals surface area contributed by atoms with Gasteiger partial charge in [-0.1, -0.05) is 0 Å². The molecular formula is C10H9ClOS. The third kappa shape index (κ3) is 1.30. The van der Waals surface area contributed by atoms with E-state index in [1.165, 1.54) is 4.70 Å². The molecular weight excluding hydrogens is 204 g/mol. The van der Waals surface area contributed by atoms with E-state index in [-0.39, 0.29) is 0 Å². The van der Waals surface area contributed by atoms with Gasteiger partial charge in [0.2, 0.25) is 0 Å². The van der Waals surface area contributed by atoms with Gasteiger partial charge < -0.3 is 5.11 Å². The molecule has 0 unspecified atom stereocenters. The summed E-state index contributed by atoms with van der Waals surface area (Å²) in [6.07, 6.45) is 0. The second-order valence-electron chi connectivity index (χ2n) is 2.97. The van der Waals surface area contributed by atoms with Crippen LogP contribution in [-0.2, 0) is 5.88 Å². The number of aromatic hydroxyl groups is 1. The van der Waals surface area contributed by atoms with E-state index >= 15 is 0 Å². The fraction of sp³-hybridized carbons (Fsp3) is 0.200. The second kappa shape index (κ2) is 3.20. The van der Waals surface area contributed by atoms with Crippen molar-refractivity contribution in [2.24, 2.45) is 0 Å². The van der Waals surface area contributed by atoms with Crippen LogP contribution in [0.15, 0.2) is 17.5 Å². The molecule has 68 valence electrons. The van der Waals surface area contributed by atoms with Crippen LogP contribution >= 0.6 is 22.9 Å². The molecule has 3 heteroatoms. The summed E-state index contributed by atoms with van der Waals surface area (Å²) in [6.45, 7) is 1.90. The normalized spacial score (nSPS) is 10.9. The fourth-order valence-corrected chi connectivity index (χ4v) is 2.81. The summed E-state index contributed by atoms with van der Waals surface area (Å²) in [4.78, 5) is 0. The molecule has 0 fully saturated rings. The summed E-state index contributed by atoms with van der Waals surface area (Å²) >= 11 is 7.50. The van der Waals surface area contributed by atoms with E-state index in [4.69, 9.17) is 11.6 Å². The molecule has 0 radical (unpaired) electrons. The van der Waals surface area contributed by atoms with Crippen molar-refractivity contribution in [3.63, 3.8) is 0 Å². The lowest BCUT2D eigenvalue weighted by Gasteiger charge is -2.05. The van der Waals surface area contributed by atoms with Gasteiger partial charge in [-0.25, -0.2) is 0 Å². The van der Waals surface area contributed by atoms with Gasteiger partial charge in [0.25, 0.3) is 0 Å². The van der Waals surface area contributed by atoms with Gasteiger partial charge in [-0.15, -0.1) is 22.9 Å². The second-order valence-corrected chi connectivity index (χ2v) is 4.16. The molecule has 1 nitrogen and oxygen atoms in total. The zero-order valence-corrected chi connectivity index (χ0v) is 8.75. The minimum atomic E-state index is 0.335. The highest BCUT2D eigenvalue weighted by atomic mass is 35.5. The van der Waals surface area contributed by atoms with Crippen LogP contribution in [0.25, 0.3) is 10.1 Å². The van der Waals surface area contributed by atoms with Gasteiger partial charge in [0.05, 0.1) is 0 Å². The van der Waals surface area contributed by atoms with Gasteiger partial charge in [0.15, 0.2) is 0 Å². The average molecular weight is 213 g/mol. The van der Waals surface area contributed by atoms with E-state index in [1.54, 1.807) is 17.4 Å². The van der Waals surface area contributed by atoms with E-state index in [1.807, 2.05) is 18.4 Å². The number of hydrogen-bond donors (Lipinski definition) is 1. The monoisotopic (exact) mass is 212 g/mol. The quantitative estimate of drug-likeness (QED) is 0.716. The highest BCUT2D eigenvalue weighted by Gasteiger charge is 2.09. The molecule has 1 aromatic carbocycles. The summed E-state index contributed by atoms with van der Waals surface area (Å²) in [5.74, 6) is 0.790. The SMILES string of the molecule is Cc1c(O)cc2ccsc2c1CCl. The fourth-order valence-electron chi connectivity index (χ4n) is 1.42. The topological polar surface area (TPSA) is 20.2 Å². The number of thiophene rings is 1. The van der Waals surface area contributed by atoms with Gasteiger partial charge in [0, 0.05) is 10.6 Å². The number of hydrogen-bond acceptors (Lipinski definition) is 2. The van der Waals surface area contributed by atoms with Crippen LogP contribution in [0.1, 0.15) is 11.1 Å². The largest absolute Gasteiger partial charge is 0.508 e. The van der Waals surface area contributed by atoms with Crippen molar-refractivity contribution < 1.29 is 5.11 Å². The summed E-state index contributed by atoms with van der Waals surface area (Å²) in [6, 6.07) is 3.78. The number of benzene rings is 1. The molecule has 0 aliphatic carbocycles. The van der Waals surface area contributed by atoms with Crippen LogP contribution < -0.4 is 0 Å². The van der Waals surface area contributed by atoms with Gasteiger partial charge in [-0.2, -0.15) is 0 Å². The number of phenolic OH excluding ortho intramolecular Hbond substituents is 1. The summed E-state index contributed by atoms with van der Waals surface area (Å²) in [7, 11) is 0. The van der Waals surface area contributed by atoms with E-state index < -0.39 is 0 Å². The van der Waals surface area contributed by atoms with E-state index in [2.05, 4.69) is 0 Å². The van der Waals surface area contributed by atoms with E-state index in [0.717, 1.165) is 16.5 Å². The highest BCUT2D eigenvalue weighted by Crippen LogP contribution is 2.33. The standard InChI is InChI=1S/C10H9ClOS/c1-6-8(5-11)10-7(2-3-13-10)4-9(6)12/h2-4,12H,5H2,1H3. The van der Waals surface area contributed by atoms with Crippen molar-refractivity contribution in [1.29, 1.82) is 0 Å². The van der Waals surface area contributed by atoms with Crippen molar-refractivity contribution in [3.05, 3.63) is 28.6 Å². The third-order valence-electron chi connectivity index (χ3n) is 2.23. The summed E-state index contributed by atoms with van der Waals surface area (Å²) in [5.41, 5.74) is 1.94. The van der Waals surface area contributed by atoms with Crippen molar-refractivity contribution >= 4 is 33.0 Å². The van der Waals surface area contributed by atoms with Gasteiger partial charge in [-0.3, -0.25) is 0 Å². The molecule has 0 saturated heterocycles. The Morgan fingerprint density at radius 2 is 2.31 bits per heavy atom. The number of alkyl halides is 1. The molecule has 0 bridgehead atoms. The molecule has 1 heterocycles. The number of rotatable bonds is 1. The molecule has 0 aliphatic heterocycles. The number of phenols is 1. The lowest BCUT2D eigenvalue weighted by molar-refractivity contribution is 0.471. The van der Waals surface area contributed by atoms with Gasteiger partial charge in [-0.05, 0) is 40.9 Å². The molecule has 0 spiro atoms. The average Bonchev–Trinajstić information content (AvgIpc) is 2.54. The molecule has 0 amide bonds. The molecule has 0 atom stereocenters. The van der Waals surface area contributed by atoms with E-state index in [9.17, 15) is 5.11 Å². The maximum Gasteiger partial charge on any atom is 0.119 e. The Kier molecular flexibility index (Phi) is 2.18. The Labute approximate surface area is 85.6 Å². The summed E-state index contributed by atoms with van der Waals surface area (Å²) < 4.78 is 1.19. The van der Waals surface area contributed by atoms with E-state index in [0.29, 0.717) is 11.6 Å². The Hall–Kier alpha value is -0.730. The van der Waals surface area contributed by atoms with Crippen molar-refractivity contribution in [1.82, 2.24) is 0 Å². The predicted molar refractivity (Wildman–Crippen MR) is 57.8 cm³/mol. The Morgan fingerprint density at radius 1 is 1.54 bits per heavy atom. The third-order valence-corrected chi connectivity index (χ3v) is 3.49. The molecule has 13 heavy (non-hydrogen) atoms. The van der Waals surface area contributed by atoms with Gasteiger partial charge in [0.1, 0.15) is 5.75 Å². The first kappa shape index (κ1) is 8.85. The molecule has 2 aromatic rings. The van der Waals surface area contributed by atoms with Crippen molar-refractivity contribution in [2.45, 2.75) is 12.8 Å². The van der Waals surface area contributed by atoms with Crippen LogP contribution in [-0.4, -0.2) is 5.11 Å². The zero-order valence-electron chi connectivity index (χ0n) is 7.17. The Balaban J connectivity index is 2.87. The Bertz CT molecular complexity index is 447. The minimum absolute atomic E-state index is 0.335. The van der Waals surface area contributed by atoms with Crippen molar-refractivity contribution in [3.8, 4) is 5.75 Å². The lowest BCUT2D eigenvalue weighted by Crippen LogP contribution is -1.85. The zero-order chi connectivity index (χ0) is 9.42. The first-order chi connectivity index (χ1) is 6.24. The first-order valence-corrected chi connectivity index (χ1v) is 5.40. The van der Waals surface area contributed by atoms with Crippen LogP contribution in [0, 0.1) is 6.92 Å². The maximum atomic E-state index is 9.59. The van der Waals surface area contributed by atoms with Gasteiger partial charge >= 0.3 is 0 Å². The van der Waals surface area contributed by atoms with Crippen molar-refractivity contribution in [2.75, 3.05) is 0 Å². The molecule has 1 N–H and O–H groups in total. The number of halogens is 1. The minimum Gasteiger partial charge on any atom is -0.508 e. The highest BCUT2D eigenvalue weighted by molar-refractivity contribution is 7.17. The Morgan fingerprint density at radius 3 is 3.00 bits per heavy atom. The predicted octanol–water partition coefficient (Wildman–Crippen LogP) is 3.65. The number of fused-ring (bicyclic) bond motifs is 1. The lowest BCUT2D eigenvalue weighted by atomic mass is 10.1. The van der Waals surface area contributed by atoms with Crippen LogP contribution in [0.4, 0.5) is 0 Å².